The summed E-state index contributed by atoms with van der Waals surface area (Å²) in [5.74, 6) is 0. The Hall–Kier alpha value is -5.34. The third-order valence-corrected chi connectivity index (χ3v) is 11.6. The van der Waals surface area contributed by atoms with E-state index in [9.17, 15) is 0 Å². The Morgan fingerprint density at radius 3 is 1.58 bits per heavy atom. The van der Waals surface area contributed by atoms with Crippen LogP contribution in [0.15, 0.2) is 133 Å². The summed E-state index contributed by atoms with van der Waals surface area (Å²) >= 11 is 0. The quantitative estimate of drug-likeness (QED) is 0.177. The van der Waals surface area contributed by atoms with Crippen LogP contribution in [0.3, 0.4) is 0 Å². The number of rotatable bonds is 6. The maximum Gasteiger partial charge on any atom is 0.0540 e. The molecule has 2 nitrogen and oxygen atoms in total. The molecule has 0 fully saturated rings. The summed E-state index contributed by atoms with van der Waals surface area (Å²) in [6.07, 6.45) is 11.9. The fraction of sp³-hybridized carbons (Fsp3) is 0.208. The molecule has 0 spiro atoms. The highest BCUT2D eigenvalue weighted by Gasteiger charge is 2.25. The number of benzene rings is 7. The Bertz CT molecular complexity index is 2440. The highest BCUT2D eigenvalue weighted by Crippen LogP contribution is 2.44. The van der Waals surface area contributed by atoms with Gasteiger partial charge >= 0.3 is 0 Å². The van der Waals surface area contributed by atoms with E-state index in [2.05, 4.69) is 143 Å². The minimum Gasteiger partial charge on any atom is -0.314 e. The van der Waals surface area contributed by atoms with Gasteiger partial charge < -0.3 is 9.80 Å². The fourth-order valence-electron chi connectivity index (χ4n) is 9.23. The molecule has 0 heterocycles. The highest BCUT2D eigenvalue weighted by atomic mass is 15.2. The van der Waals surface area contributed by atoms with Gasteiger partial charge in [0, 0.05) is 39.1 Å². The van der Waals surface area contributed by atoms with E-state index in [1.165, 1.54) is 140 Å². The van der Waals surface area contributed by atoms with Crippen molar-refractivity contribution in [3.05, 3.63) is 166 Å². The Labute approximate surface area is 295 Å². The predicted molar refractivity (Wildman–Crippen MR) is 211 cm³/mol. The molecule has 0 unspecified atom stereocenters. The predicted octanol–water partition coefficient (Wildman–Crippen LogP) is 11.8. The number of hydrogen-bond acceptors (Lipinski definition) is 2. The molecule has 7 aromatic rings. The molecule has 0 amide bonds. The molecule has 0 aliphatic heterocycles. The number of fused-ring (bicyclic) bond motifs is 2. The normalized spacial score (nSPS) is 15.2. The van der Waals surface area contributed by atoms with Crippen molar-refractivity contribution in [3.63, 3.8) is 0 Å². The van der Waals surface area contributed by atoms with E-state index in [-0.39, 0.29) is 0 Å². The monoisotopic (exact) mass is 646 g/mol. The van der Waals surface area contributed by atoms with Gasteiger partial charge in [0.1, 0.15) is 0 Å². The van der Waals surface area contributed by atoms with Gasteiger partial charge in [0.15, 0.2) is 0 Å². The summed E-state index contributed by atoms with van der Waals surface area (Å²) < 4.78 is 0. The van der Waals surface area contributed by atoms with Crippen molar-refractivity contribution < 1.29 is 0 Å². The number of anilines is 5. The van der Waals surface area contributed by atoms with Gasteiger partial charge in [-0.05, 0) is 163 Å². The molecular weight excluding hydrogens is 605 g/mol. The molecule has 0 saturated carbocycles. The van der Waals surface area contributed by atoms with Crippen LogP contribution in [-0.2, 0) is 32.1 Å². The van der Waals surface area contributed by atoms with E-state index >= 15 is 0 Å². The van der Waals surface area contributed by atoms with Crippen molar-refractivity contribution in [1.29, 1.82) is 0 Å². The lowest BCUT2D eigenvalue weighted by molar-refractivity contribution is 0.685. The van der Waals surface area contributed by atoms with E-state index in [1.54, 1.807) is 0 Å². The van der Waals surface area contributed by atoms with Crippen LogP contribution in [0.25, 0.3) is 27.2 Å². The smallest absolute Gasteiger partial charge is 0.0540 e. The molecule has 0 bridgehead atoms. The minimum absolute atomic E-state index is 1.00. The molecule has 50 heavy (non-hydrogen) atoms. The van der Waals surface area contributed by atoms with Crippen molar-refractivity contribution in [1.82, 2.24) is 0 Å². The molecule has 3 aliphatic rings. The molecule has 10 rings (SSSR count). The first kappa shape index (κ1) is 29.6. The summed E-state index contributed by atoms with van der Waals surface area (Å²) in [7, 11) is 0. The van der Waals surface area contributed by atoms with Crippen molar-refractivity contribution in [3.8, 4) is 0 Å². The van der Waals surface area contributed by atoms with E-state index in [1.807, 2.05) is 0 Å². The van der Waals surface area contributed by atoms with E-state index in [0.29, 0.717) is 0 Å². The third-order valence-electron chi connectivity index (χ3n) is 11.6. The van der Waals surface area contributed by atoms with Crippen LogP contribution in [0.1, 0.15) is 59.9 Å². The van der Waals surface area contributed by atoms with Crippen molar-refractivity contribution in [2.45, 2.75) is 64.2 Å². The van der Waals surface area contributed by atoms with Gasteiger partial charge in [0.05, 0.1) is 5.69 Å². The molecule has 7 aromatic carbocycles. The molecule has 0 atom stereocenters. The summed E-state index contributed by atoms with van der Waals surface area (Å²) in [5, 5.41) is 6.78. The minimum atomic E-state index is 1.00. The van der Waals surface area contributed by atoms with Crippen LogP contribution < -0.4 is 15.0 Å². The van der Waals surface area contributed by atoms with Gasteiger partial charge in [0.2, 0.25) is 0 Å². The Morgan fingerprint density at radius 2 is 0.920 bits per heavy atom. The third kappa shape index (κ3) is 4.92. The fourth-order valence-corrected chi connectivity index (χ4v) is 9.23. The lowest BCUT2D eigenvalue weighted by atomic mass is 9.87. The van der Waals surface area contributed by atoms with Crippen molar-refractivity contribution in [2.24, 2.45) is 0 Å². The van der Waals surface area contributed by atoms with Crippen LogP contribution in [-0.4, -0.2) is 0 Å². The van der Waals surface area contributed by atoms with Gasteiger partial charge in [-0.2, -0.15) is 0 Å². The summed E-state index contributed by atoms with van der Waals surface area (Å²) in [6, 6.07) is 50.7. The molecule has 0 N–H and O–H groups in total. The van der Waals surface area contributed by atoms with Crippen molar-refractivity contribution >= 4 is 55.7 Å². The highest BCUT2D eigenvalue weighted by molar-refractivity contribution is 6.17. The van der Waals surface area contributed by atoms with E-state index in [0.717, 1.165) is 12.8 Å². The van der Waals surface area contributed by atoms with Crippen LogP contribution in [0, 0.1) is 0 Å². The molecule has 244 valence electrons. The van der Waals surface area contributed by atoms with Gasteiger partial charge in [-0.1, -0.05) is 78.9 Å². The number of para-hydroxylation sites is 2. The Morgan fingerprint density at radius 1 is 0.360 bits per heavy atom. The largest absolute Gasteiger partial charge is 0.314 e. The molecule has 0 aromatic heterocycles. The van der Waals surface area contributed by atoms with Gasteiger partial charge in [0.25, 0.3) is 0 Å². The van der Waals surface area contributed by atoms with Gasteiger partial charge in [-0.15, -0.1) is 0 Å². The zero-order chi connectivity index (χ0) is 33.0. The number of nitrogens with zero attached hydrogens (tertiary/aromatic N) is 2. The average Bonchev–Trinajstić information content (AvgIpc) is 3.19. The number of hydrogen-bond donors (Lipinski definition) is 0. The molecule has 0 radical (unpaired) electrons. The van der Waals surface area contributed by atoms with E-state index < -0.39 is 0 Å². The number of aryl methyl sites for hydroxylation is 5. The molecule has 3 aliphatic carbocycles. The van der Waals surface area contributed by atoms with E-state index in [4.69, 9.17) is 0 Å². The second-order valence-electron chi connectivity index (χ2n) is 14.6. The standard InChI is InChI=1S/C48H42N2/c1-3-15-39(16-4-1)49(41-25-19-33-11-7-9-13-37(33)31-41)45-29-23-35-22-28-44-46(30-24-36-21-27-43(45)47(35)48(36)44)50(40-17-5-2-6-18-40)42-26-20-34-12-8-10-14-38(34)32-42/h1-6,15-23,25-29,31-32H,7-14,24,30H2. The average molecular weight is 647 g/mol. The lowest BCUT2D eigenvalue weighted by Crippen LogP contribution is -2.27. The second-order valence-corrected chi connectivity index (χ2v) is 14.6. The van der Waals surface area contributed by atoms with Crippen LogP contribution in [0.4, 0.5) is 28.4 Å². The summed E-state index contributed by atoms with van der Waals surface area (Å²) in [6.45, 7) is 0. The molecule has 2 heteroatoms. The Kier molecular flexibility index (Phi) is 7.22. The second kappa shape index (κ2) is 12.2. The first-order valence-corrected chi connectivity index (χ1v) is 18.7. The lowest BCUT2D eigenvalue weighted by Gasteiger charge is -2.32. The van der Waals surface area contributed by atoms with Crippen LogP contribution >= 0.6 is 0 Å². The van der Waals surface area contributed by atoms with Gasteiger partial charge in [-0.25, -0.2) is 0 Å². The Balaban J connectivity index is 1.21. The summed E-state index contributed by atoms with van der Waals surface area (Å²) in [4.78, 5) is 5.06. The maximum atomic E-state index is 2.56. The van der Waals surface area contributed by atoms with Gasteiger partial charge in [-0.3, -0.25) is 0 Å². The SMILES string of the molecule is c1ccc(N(C2=c3ccc4ccc(N(c5ccccc5)c5ccc6c(c5)CCCC6)c5ccc(c3c45)CC2)c2ccc3c(c2)CCCC3)cc1. The topological polar surface area (TPSA) is 6.48 Å². The van der Waals surface area contributed by atoms with Crippen LogP contribution in [0.5, 0.6) is 0 Å². The molecule has 0 saturated heterocycles. The molecular formula is C48H42N2. The maximum absolute atomic E-state index is 2.56. The van der Waals surface area contributed by atoms with Crippen molar-refractivity contribution in [2.75, 3.05) is 9.80 Å². The summed E-state index contributed by atoms with van der Waals surface area (Å²) in [5.41, 5.74) is 15.1. The first-order valence-electron chi connectivity index (χ1n) is 18.7. The van der Waals surface area contributed by atoms with Crippen LogP contribution in [0.2, 0.25) is 0 Å². The zero-order valence-electron chi connectivity index (χ0n) is 28.7. The first-order chi connectivity index (χ1) is 24.8. The zero-order valence-corrected chi connectivity index (χ0v) is 28.7.